The lowest BCUT2D eigenvalue weighted by Gasteiger charge is -2.36. The van der Waals surface area contributed by atoms with Crippen LogP contribution in [0.1, 0.15) is 38.3 Å². The van der Waals surface area contributed by atoms with Crippen LogP contribution in [0.3, 0.4) is 0 Å². The number of aromatic carboxylic acids is 1. The molecule has 3 nitrogen and oxygen atoms in total. The summed E-state index contributed by atoms with van der Waals surface area (Å²) in [6, 6.07) is 32.8. The third-order valence-corrected chi connectivity index (χ3v) is 5.33. The van der Waals surface area contributed by atoms with Crippen molar-refractivity contribution in [2.75, 3.05) is 0 Å². The lowest BCUT2D eigenvalue weighted by atomic mass is 9.65. The largest absolute Gasteiger partial charge is 0.477 e. The zero-order chi connectivity index (χ0) is 20.3. The van der Waals surface area contributed by atoms with Crippen LogP contribution in [-0.4, -0.2) is 16.1 Å². The Morgan fingerprint density at radius 2 is 1.14 bits per heavy atom. The summed E-state index contributed by atoms with van der Waals surface area (Å²) < 4.78 is 0. The van der Waals surface area contributed by atoms with Crippen LogP contribution < -0.4 is 0 Å². The minimum absolute atomic E-state index is 0.0804. The van der Waals surface area contributed by atoms with Gasteiger partial charge in [-0.25, -0.2) is 9.78 Å². The van der Waals surface area contributed by atoms with Gasteiger partial charge < -0.3 is 5.11 Å². The monoisotopic (exact) mass is 379 g/mol. The summed E-state index contributed by atoms with van der Waals surface area (Å²) in [4.78, 5) is 15.9. The molecule has 0 unspecified atom stereocenters. The number of rotatable bonds is 5. The van der Waals surface area contributed by atoms with Crippen molar-refractivity contribution in [1.29, 1.82) is 0 Å². The summed E-state index contributed by atoms with van der Waals surface area (Å²) in [6.45, 7) is 1.80. The van der Waals surface area contributed by atoms with Gasteiger partial charge in [0.15, 0.2) is 5.69 Å². The Morgan fingerprint density at radius 3 is 1.48 bits per heavy atom. The molecular formula is C26H21NO2. The average Bonchev–Trinajstić information content (AvgIpc) is 2.76. The molecule has 0 aliphatic heterocycles. The summed E-state index contributed by atoms with van der Waals surface area (Å²) in [5.41, 5.74) is 4.34. The number of hydrogen-bond acceptors (Lipinski definition) is 2. The van der Waals surface area contributed by atoms with Crippen molar-refractivity contribution in [3.63, 3.8) is 0 Å². The predicted octanol–water partition coefficient (Wildman–Crippen LogP) is 5.47. The first kappa shape index (κ1) is 18.6. The van der Waals surface area contributed by atoms with Gasteiger partial charge in [0.05, 0.1) is 5.41 Å². The Balaban J connectivity index is 2.12. The summed E-state index contributed by atoms with van der Waals surface area (Å²) in [6.07, 6.45) is 1.70. The fraction of sp³-hybridized carbons (Fsp3) is 0.0769. The quantitative estimate of drug-likeness (QED) is 0.468. The lowest BCUT2D eigenvalue weighted by Crippen LogP contribution is -2.31. The Bertz CT molecular complexity index is 1030. The molecule has 0 atom stereocenters. The van der Waals surface area contributed by atoms with Crippen molar-refractivity contribution in [3.05, 3.63) is 137 Å². The summed E-state index contributed by atoms with van der Waals surface area (Å²) in [5.74, 6) is -1.02. The van der Waals surface area contributed by atoms with Crippen LogP contribution in [-0.2, 0) is 5.41 Å². The molecule has 29 heavy (non-hydrogen) atoms. The number of nitrogens with zero attached hydrogens (tertiary/aromatic N) is 1. The minimum Gasteiger partial charge on any atom is -0.477 e. The molecule has 1 heterocycles. The molecule has 4 rings (SSSR count). The molecule has 1 aromatic heterocycles. The molecule has 0 fully saturated rings. The summed E-state index contributed by atoms with van der Waals surface area (Å²) >= 11 is 0. The highest BCUT2D eigenvalue weighted by Gasteiger charge is 2.38. The molecule has 0 bridgehead atoms. The van der Waals surface area contributed by atoms with Crippen LogP contribution >= 0.6 is 0 Å². The maximum atomic E-state index is 11.5. The second-order valence-corrected chi connectivity index (χ2v) is 7.04. The highest BCUT2D eigenvalue weighted by Crippen LogP contribution is 2.45. The molecule has 3 heteroatoms. The fourth-order valence-electron chi connectivity index (χ4n) is 4.07. The van der Waals surface area contributed by atoms with E-state index in [1.165, 1.54) is 0 Å². The van der Waals surface area contributed by atoms with E-state index in [0.717, 1.165) is 22.3 Å². The van der Waals surface area contributed by atoms with Crippen molar-refractivity contribution in [1.82, 2.24) is 4.98 Å². The first-order chi connectivity index (χ1) is 14.1. The van der Waals surface area contributed by atoms with Crippen LogP contribution in [0.2, 0.25) is 0 Å². The second kappa shape index (κ2) is 7.72. The summed E-state index contributed by atoms with van der Waals surface area (Å²) in [5, 5.41) is 9.45. The third kappa shape index (κ3) is 3.21. The van der Waals surface area contributed by atoms with E-state index >= 15 is 0 Å². The van der Waals surface area contributed by atoms with Gasteiger partial charge in [0.2, 0.25) is 0 Å². The number of hydrogen-bond donors (Lipinski definition) is 1. The van der Waals surface area contributed by atoms with Gasteiger partial charge in [0.1, 0.15) is 0 Å². The average molecular weight is 379 g/mol. The van der Waals surface area contributed by atoms with Gasteiger partial charge in [0.25, 0.3) is 0 Å². The Labute approximate surface area is 170 Å². The number of carboxylic acid groups (broad SMARTS) is 1. The third-order valence-electron chi connectivity index (χ3n) is 5.33. The topological polar surface area (TPSA) is 50.2 Å². The SMILES string of the molecule is Cc1cc(C(c2ccccc2)(c2ccccc2)c2ccccc2)cnc1C(=O)O. The maximum Gasteiger partial charge on any atom is 0.354 e. The Hall–Kier alpha value is -3.72. The van der Waals surface area contributed by atoms with Gasteiger partial charge in [-0.1, -0.05) is 97.1 Å². The zero-order valence-electron chi connectivity index (χ0n) is 16.1. The van der Waals surface area contributed by atoms with Gasteiger partial charge in [-0.3, -0.25) is 0 Å². The van der Waals surface area contributed by atoms with Crippen LogP contribution in [0.5, 0.6) is 0 Å². The van der Waals surface area contributed by atoms with Gasteiger partial charge >= 0.3 is 5.97 Å². The Morgan fingerprint density at radius 1 is 0.724 bits per heavy atom. The van der Waals surface area contributed by atoms with E-state index < -0.39 is 11.4 Å². The van der Waals surface area contributed by atoms with Crippen molar-refractivity contribution in [3.8, 4) is 0 Å². The maximum absolute atomic E-state index is 11.5. The van der Waals surface area contributed by atoms with E-state index in [2.05, 4.69) is 41.4 Å². The van der Waals surface area contributed by atoms with Crippen molar-refractivity contribution in [2.45, 2.75) is 12.3 Å². The molecule has 0 amide bonds. The normalized spacial score (nSPS) is 11.2. The fourth-order valence-corrected chi connectivity index (χ4v) is 4.07. The lowest BCUT2D eigenvalue weighted by molar-refractivity contribution is 0.0689. The molecule has 0 aliphatic carbocycles. The van der Waals surface area contributed by atoms with Crippen LogP contribution in [0.15, 0.2) is 103 Å². The number of aryl methyl sites for hydroxylation is 1. The minimum atomic E-state index is -1.02. The smallest absolute Gasteiger partial charge is 0.354 e. The molecule has 0 spiro atoms. The number of carbonyl (C=O) groups is 1. The second-order valence-electron chi connectivity index (χ2n) is 7.04. The number of pyridine rings is 1. The van der Waals surface area contributed by atoms with E-state index in [4.69, 9.17) is 0 Å². The molecule has 1 N–H and O–H groups in total. The highest BCUT2D eigenvalue weighted by atomic mass is 16.4. The van der Waals surface area contributed by atoms with E-state index in [1.54, 1.807) is 13.1 Å². The molecular weight excluding hydrogens is 358 g/mol. The molecule has 0 aliphatic rings. The Kier molecular flexibility index (Phi) is 4.96. The van der Waals surface area contributed by atoms with E-state index in [0.29, 0.717) is 5.56 Å². The van der Waals surface area contributed by atoms with Crippen LogP contribution in [0.4, 0.5) is 0 Å². The van der Waals surface area contributed by atoms with Gasteiger partial charge in [-0.05, 0) is 34.7 Å². The summed E-state index contributed by atoms with van der Waals surface area (Å²) in [7, 11) is 0. The standard InChI is InChI=1S/C26H21NO2/c1-19-17-23(18-27-24(19)25(28)29)26(20-11-5-2-6-12-20,21-13-7-3-8-14-21)22-15-9-4-10-16-22/h2-18H,1H3,(H,28,29). The molecule has 0 saturated heterocycles. The number of carboxylic acids is 1. The first-order valence-electron chi connectivity index (χ1n) is 9.51. The van der Waals surface area contributed by atoms with Gasteiger partial charge in [0, 0.05) is 6.20 Å². The molecule has 4 aromatic rings. The van der Waals surface area contributed by atoms with Gasteiger partial charge in [-0.15, -0.1) is 0 Å². The van der Waals surface area contributed by atoms with Crippen LogP contribution in [0.25, 0.3) is 0 Å². The molecule has 3 aromatic carbocycles. The highest BCUT2D eigenvalue weighted by molar-refractivity contribution is 5.87. The number of benzene rings is 3. The molecule has 142 valence electrons. The van der Waals surface area contributed by atoms with E-state index in [9.17, 15) is 9.90 Å². The van der Waals surface area contributed by atoms with Gasteiger partial charge in [-0.2, -0.15) is 0 Å². The zero-order valence-corrected chi connectivity index (χ0v) is 16.1. The van der Waals surface area contributed by atoms with E-state index in [1.807, 2.05) is 60.7 Å². The molecule has 0 saturated carbocycles. The van der Waals surface area contributed by atoms with Crippen LogP contribution in [0, 0.1) is 6.92 Å². The first-order valence-corrected chi connectivity index (χ1v) is 9.51. The number of aromatic nitrogens is 1. The van der Waals surface area contributed by atoms with E-state index in [-0.39, 0.29) is 5.69 Å². The predicted molar refractivity (Wildman–Crippen MR) is 114 cm³/mol. The van der Waals surface area contributed by atoms with Crippen molar-refractivity contribution < 1.29 is 9.90 Å². The molecule has 0 radical (unpaired) electrons. The van der Waals surface area contributed by atoms with Crippen molar-refractivity contribution >= 4 is 5.97 Å². The van der Waals surface area contributed by atoms with Crippen molar-refractivity contribution in [2.24, 2.45) is 0 Å².